The summed E-state index contributed by atoms with van der Waals surface area (Å²) in [7, 11) is 0. The number of carboxylic acid groups (broad SMARTS) is 1. The number of rotatable bonds is 4. The van der Waals surface area contributed by atoms with Gasteiger partial charge < -0.3 is 20.5 Å². The average molecular weight is 292 g/mol. The van der Waals surface area contributed by atoms with Crippen LogP contribution in [0.4, 0.5) is 11.4 Å². The van der Waals surface area contributed by atoms with E-state index in [-0.39, 0.29) is 5.92 Å². The summed E-state index contributed by atoms with van der Waals surface area (Å²) in [6.07, 6.45) is 1.14. The molecule has 6 nitrogen and oxygen atoms in total. The zero-order valence-electron chi connectivity index (χ0n) is 12.0. The molecule has 0 bridgehead atoms. The number of piperidine rings is 1. The van der Waals surface area contributed by atoms with Gasteiger partial charge in [-0.2, -0.15) is 0 Å². The topological polar surface area (TPSA) is 92.9 Å². The summed E-state index contributed by atoms with van der Waals surface area (Å²) in [5, 5.41) is 9.04. The van der Waals surface area contributed by atoms with Crippen LogP contribution in [0.2, 0.25) is 0 Å². The first-order chi connectivity index (χ1) is 10.0. The van der Waals surface area contributed by atoms with Crippen LogP contribution in [-0.2, 0) is 9.53 Å². The van der Waals surface area contributed by atoms with E-state index in [1.165, 1.54) is 0 Å². The Bertz CT molecular complexity index is 536. The van der Waals surface area contributed by atoms with Crippen LogP contribution in [0.15, 0.2) is 18.2 Å². The molecular weight excluding hydrogens is 272 g/mol. The van der Waals surface area contributed by atoms with Crippen molar-refractivity contribution in [3.63, 3.8) is 0 Å². The molecule has 0 aromatic heterocycles. The SMILES string of the molecule is CCOC(=O)c1cc(N)ccc1N1CCC(C(=O)O)CC1. The molecule has 1 aliphatic heterocycles. The molecule has 114 valence electrons. The molecule has 1 aromatic rings. The smallest absolute Gasteiger partial charge is 0.340 e. The fraction of sp³-hybridized carbons (Fsp3) is 0.467. The lowest BCUT2D eigenvalue weighted by Crippen LogP contribution is -2.37. The summed E-state index contributed by atoms with van der Waals surface area (Å²) >= 11 is 0. The van der Waals surface area contributed by atoms with Crippen molar-refractivity contribution >= 4 is 23.3 Å². The number of hydrogen-bond donors (Lipinski definition) is 2. The summed E-state index contributed by atoms with van der Waals surface area (Å²) in [6.45, 7) is 3.26. The Hall–Kier alpha value is -2.24. The number of esters is 1. The molecule has 1 aromatic carbocycles. The van der Waals surface area contributed by atoms with Gasteiger partial charge in [0.1, 0.15) is 0 Å². The van der Waals surface area contributed by atoms with Gasteiger partial charge in [-0.05, 0) is 38.0 Å². The van der Waals surface area contributed by atoms with Gasteiger partial charge >= 0.3 is 11.9 Å². The number of aliphatic carboxylic acids is 1. The minimum absolute atomic E-state index is 0.300. The molecule has 1 aliphatic rings. The van der Waals surface area contributed by atoms with Crippen molar-refractivity contribution in [2.45, 2.75) is 19.8 Å². The van der Waals surface area contributed by atoms with E-state index in [1.807, 2.05) is 4.90 Å². The molecule has 0 spiro atoms. The Balaban J connectivity index is 2.20. The predicted molar refractivity (Wildman–Crippen MR) is 79.4 cm³/mol. The number of nitrogen functional groups attached to an aromatic ring is 1. The number of benzene rings is 1. The lowest BCUT2D eigenvalue weighted by atomic mass is 9.96. The van der Waals surface area contributed by atoms with E-state index in [2.05, 4.69) is 0 Å². The molecule has 2 rings (SSSR count). The van der Waals surface area contributed by atoms with Gasteiger partial charge in [-0.15, -0.1) is 0 Å². The highest BCUT2D eigenvalue weighted by atomic mass is 16.5. The number of nitrogens with zero attached hydrogens (tertiary/aromatic N) is 1. The van der Waals surface area contributed by atoms with Crippen molar-refractivity contribution in [1.82, 2.24) is 0 Å². The fourth-order valence-corrected chi connectivity index (χ4v) is 2.57. The maximum atomic E-state index is 12.0. The second-order valence-corrected chi connectivity index (χ2v) is 5.10. The predicted octanol–water partition coefficient (Wildman–Crippen LogP) is 1.75. The second-order valence-electron chi connectivity index (χ2n) is 5.10. The molecule has 0 unspecified atom stereocenters. The van der Waals surface area contributed by atoms with Crippen molar-refractivity contribution in [2.24, 2.45) is 5.92 Å². The molecule has 21 heavy (non-hydrogen) atoms. The van der Waals surface area contributed by atoms with Gasteiger partial charge in [0.05, 0.1) is 23.8 Å². The Labute approximate surface area is 123 Å². The van der Waals surface area contributed by atoms with Gasteiger partial charge in [-0.3, -0.25) is 4.79 Å². The van der Waals surface area contributed by atoms with Gasteiger partial charge in [-0.1, -0.05) is 0 Å². The zero-order valence-corrected chi connectivity index (χ0v) is 12.0. The number of carbonyl (C=O) groups excluding carboxylic acids is 1. The molecule has 0 aliphatic carbocycles. The van der Waals surface area contributed by atoms with E-state index >= 15 is 0 Å². The van der Waals surface area contributed by atoms with E-state index < -0.39 is 11.9 Å². The molecule has 1 fully saturated rings. The average Bonchev–Trinajstić information content (AvgIpc) is 2.47. The van der Waals surface area contributed by atoms with Crippen LogP contribution in [0, 0.1) is 5.92 Å². The van der Waals surface area contributed by atoms with Crippen molar-refractivity contribution in [1.29, 1.82) is 0 Å². The first-order valence-electron chi connectivity index (χ1n) is 7.07. The first kappa shape index (κ1) is 15.2. The molecule has 0 atom stereocenters. The third-order valence-corrected chi connectivity index (χ3v) is 3.70. The summed E-state index contributed by atoms with van der Waals surface area (Å²) in [5.41, 5.74) is 7.44. The number of carbonyl (C=O) groups is 2. The van der Waals surface area contributed by atoms with E-state index in [0.717, 1.165) is 5.69 Å². The van der Waals surface area contributed by atoms with Crippen LogP contribution in [0.5, 0.6) is 0 Å². The molecule has 1 heterocycles. The van der Waals surface area contributed by atoms with Gasteiger partial charge in [-0.25, -0.2) is 4.79 Å². The lowest BCUT2D eigenvalue weighted by molar-refractivity contribution is -0.142. The summed E-state index contributed by atoms with van der Waals surface area (Å²) in [4.78, 5) is 25.0. The Morgan fingerprint density at radius 1 is 1.38 bits per heavy atom. The molecule has 0 amide bonds. The summed E-state index contributed by atoms with van der Waals surface area (Å²) in [6, 6.07) is 5.14. The monoisotopic (exact) mass is 292 g/mol. The highest BCUT2D eigenvalue weighted by molar-refractivity contribution is 5.97. The standard InChI is InChI=1S/C15H20N2O4/c1-2-21-15(20)12-9-11(16)3-4-13(12)17-7-5-10(6-8-17)14(18)19/h3-4,9-10H,2,5-8,16H2,1H3,(H,18,19). The van der Waals surface area contributed by atoms with Crippen molar-refractivity contribution in [2.75, 3.05) is 30.3 Å². The van der Waals surface area contributed by atoms with Crippen LogP contribution in [0.25, 0.3) is 0 Å². The van der Waals surface area contributed by atoms with Gasteiger partial charge in [0.2, 0.25) is 0 Å². The van der Waals surface area contributed by atoms with E-state index in [9.17, 15) is 9.59 Å². The van der Waals surface area contributed by atoms with Crippen molar-refractivity contribution in [3.8, 4) is 0 Å². The number of ether oxygens (including phenoxy) is 1. The molecule has 1 saturated heterocycles. The van der Waals surface area contributed by atoms with Gasteiger partial charge in [0.15, 0.2) is 0 Å². The molecule has 3 N–H and O–H groups in total. The molecule has 0 radical (unpaired) electrons. The number of carboxylic acids is 1. The number of hydrogen-bond acceptors (Lipinski definition) is 5. The van der Waals surface area contributed by atoms with E-state index in [0.29, 0.717) is 43.8 Å². The van der Waals surface area contributed by atoms with Crippen LogP contribution < -0.4 is 10.6 Å². The highest BCUT2D eigenvalue weighted by Gasteiger charge is 2.27. The molecule has 6 heteroatoms. The second kappa shape index (κ2) is 6.47. The van der Waals surface area contributed by atoms with E-state index in [4.69, 9.17) is 15.6 Å². The third kappa shape index (κ3) is 3.45. The fourth-order valence-electron chi connectivity index (χ4n) is 2.57. The van der Waals surface area contributed by atoms with Crippen LogP contribution in [-0.4, -0.2) is 36.7 Å². The maximum absolute atomic E-state index is 12.0. The summed E-state index contributed by atoms with van der Waals surface area (Å²) in [5.74, 6) is -1.46. The minimum Gasteiger partial charge on any atom is -0.481 e. The van der Waals surface area contributed by atoms with Crippen molar-refractivity contribution in [3.05, 3.63) is 23.8 Å². The van der Waals surface area contributed by atoms with Crippen LogP contribution >= 0.6 is 0 Å². The number of nitrogens with two attached hydrogens (primary N) is 1. The van der Waals surface area contributed by atoms with Gasteiger partial charge in [0, 0.05) is 18.8 Å². The van der Waals surface area contributed by atoms with Gasteiger partial charge in [0.25, 0.3) is 0 Å². The quantitative estimate of drug-likeness (QED) is 0.648. The number of anilines is 2. The summed E-state index contributed by atoms with van der Waals surface area (Å²) < 4.78 is 5.06. The first-order valence-corrected chi connectivity index (χ1v) is 7.07. The highest BCUT2D eigenvalue weighted by Crippen LogP contribution is 2.28. The third-order valence-electron chi connectivity index (χ3n) is 3.70. The Morgan fingerprint density at radius 3 is 2.62 bits per heavy atom. The maximum Gasteiger partial charge on any atom is 0.340 e. The van der Waals surface area contributed by atoms with E-state index in [1.54, 1.807) is 25.1 Å². The Kier molecular flexibility index (Phi) is 4.67. The molecular formula is C15H20N2O4. The lowest BCUT2D eigenvalue weighted by Gasteiger charge is -2.33. The molecule has 0 saturated carbocycles. The zero-order chi connectivity index (χ0) is 15.4. The largest absolute Gasteiger partial charge is 0.481 e. The minimum atomic E-state index is -0.752. The van der Waals surface area contributed by atoms with Crippen LogP contribution in [0.1, 0.15) is 30.1 Å². The Morgan fingerprint density at radius 2 is 2.05 bits per heavy atom. The normalized spacial score (nSPS) is 15.8. The van der Waals surface area contributed by atoms with Crippen molar-refractivity contribution < 1.29 is 19.4 Å². The van der Waals surface area contributed by atoms with Crippen LogP contribution in [0.3, 0.4) is 0 Å².